The van der Waals surface area contributed by atoms with Gasteiger partial charge in [0.1, 0.15) is 5.82 Å². The number of nitrogens with zero attached hydrogens (tertiary/aromatic N) is 2. The van der Waals surface area contributed by atoms with Crippen molar-refractivity contribution in [3.63, 3.8) is 0 Å². The second kappa shape index (κ2) is 6.21. The standard InChI is InChI=1S/C13H21IN4O/c1-8(2)11(15-3)13(19)18-6-4-5-9(18)12-16-7-10(14)17-12/h7-9,11,15H,4-6H2,1-3H3,(H,16,17)/t9-,11-/m0/s1. The number of likely N-dealkylation sites (N-methyl/N-ethyl adjacent to an activating group) is 1. The van der Waals surface area contributed by atoms with Crippen LogP contribution in [-0.2, 0) is 4.79 Å². The molecule has 1 aliphatic rings. The van der Waals surface area contributed by atoms with Crippen molar-refractivity contribution in [2.75, 3.05) is 13.6 Å². The summed E-state index contributed by atoms with van der Waals surface area (Å²) in [6.45, 7) is 4.96. The molecule has 0 unspecified atom stereocenters. The Morgan fingerprint density at radius 3 is 2.89 bits per heavy atom. The largest absolute Gasteiger partial charge is 0.336 e. The summed E-state index contributed by atoms with van der Waals surface area (Å²) >= 11 is 2.21. The zero-order chi connectivity index (χ0) is 14.0. The van der Waals surface area contributed by atoms with E-state index in [0.29, 0.717) is 0 Å². The number of aromatic amines is 1. The maximum Gasteiger partial charge on any atom is 0.240 e. The summed E-state index contributed by atoms with van der Waals surface area (Å²) in [6, 6.07) is -0.0137. The van der Waals surface area contributed by atoms with Crippen molar-refractivity contribution in [2.45, 2.75) is 38.8 Å². The first-order chi connectivity index (χ1) is 9.04. The van der Waals surface area contributed by atoms with E-state index in [1.54, 1.807) is 0 Å². The number of carbonyl (C=O) groups excluding carboxylic acids is 1. The molecule has 1 amide bonds. The fourth-order valence-corrected chi connectivity index (χ4v) is 3.13. The SMILES string of the molecule is CN[C@H](C(=O)N1CCC[C@H]1c1ncc(I)[nH]1)C(C)C. The molecule has 19 heavy (non-hydrogen) atoms. The summed E-state index contributed by atoms with van der Waals surface area (Å²) in [5.74, 6) is 1.38. The molecule has 0 aliphatic carbocycles. The molecule has 1 aromatic rings. The summed E-state index contributed by atoms with van der Waals surface area (Å²) < 4.78 is 1.01. The Bertz CT molecular complexity index is 446. The van der Waals surface area contributed by atoms with E-state index < -0.39 is 0 Å². The van der Waals surface area contributed by atoms with Crippen LogP contribution in [0.2, 0.25) is 0 Å². The molecule has 0 aromatic carbocycles. The maximum atomic E-state index is 12.6. The third kappa shape index (κ3) is 3.10. The van der Waals surface area contributed by atoms with Crippen molar-refractivity contribution < 1.29 is 4.79 Å². The average Bonchev–Trinajstić information content (AvgIpc) is 2.96. The van der Waals surface area contributed by atoms with Gasteiger partial charge in [-0.3, -0.25) is 4.79 Å². The third-order valence-electron chi connectivity index (χ3n) is 3.66. The lowest BCUT2D eigenvalue weighted by Gasteiger charge is -2.29. The minimum atomic E-state index is -0.116. The van der Waals surface area contributed by atoms with Crippen molar-refractivity contribution in [3.8, 4) is 0 Å². The minimum Gasteiger partial charge on any atom is -0.336 e. The number of rotatable bonds is 4. The van der Waals surface area contributed by atoms with Gasteiger partial charge in [0.25, 0.3) is 0 Å². The Balaban J connectivity index is 2.16. The van der Waals surface area contributed by atoms with E-state index in [1.807, 2.05) is 18.1 Å². The molecule has 0 bridgehead atoms. The molecule has 0 saturated carbocycles. The van der Waals surface area contributed by atoms with Gasteiger partial charge in [0.15, 0.2) is 0 Å². The van der Waals surface area contributed by atoms with Crippen LogP contribution in [0.25, 0.3) is 0 Å². The molecule has 0 radical (unpaired) electrons. The predicted octanol–water partition coefficient (Wildman–Crippen LogP) is 1.92. The van der Waals surface area contributed by atoms with Gasteiger partial charge < -0.3 is 15.2 Å². The van der Waals surface area contributed by atoms with E-state index in [-0.39, 0.29) is 23.9 Å². The molecule has 0 spiro atoms. The van der Waals surface area contributed by atoms with Gasteiger partial charge in [-0.1, -0.05) is 13.8 Å². The number of hydrogen-bond donors (Lipinski definition) is 2. The molecule has 2 heterocycles. The first-order valence-electron chi connectivity index (χ1n) is 6.72. The summed E-state index contributed by atoms with van der Waals surface area (Å²) in [5.41, 5.74) is 0. The summed E-state index contributed by atoms with van der Waals surface area (Å²) in [4.78, 5) is 22.2. The highest BCUT2D eigenvalue weighted by Gasteiger charge is 2.35. The molecule has 2 N–H and O–H groups in total. The van der Waals surface area contributed by atoms with Gasteiger partial charge in [-0.2, -0.15) is 0 Å². The smallest absolute Gasteiger partial charge is 0.240 e. The van der Waals surface area contributed by atoms with Crippen LogP contribution in [0.3, 0.4) is 0 Å². The molecule has 6 heteroatoms. The quantitative estimate of drug-likeness (QED) is 0.790. The van der Waals surface area contributed by atoms with E-state index in [2.05, 4.69) is 51.7 Å². The molecular weight excluding hydrogens is 355 g/mol. The number of H-pyrrole nitrogens is 1. The van der Waals surface area contributed by atoms with Crippen LogP contribution in [0.5, 0.6) is 0 Å². The number of imidazole rings is 1. The first kappa shape index (κ1) is 14.8. The zero-order valence-corrected chi connectivity index (χ0v) is 13.8. The molecule has 1 aliphatic heterocycles. The lowest BCUT2D eigenvalue weighted by molar-refractivity contribution is -0.135. The topological polar surface area (TPSA) is 61.0 Å². The van der Waals surface area contributed by atoms with Gasteiger partial charge in [0, 0.05) is 6.54 Å². The average molecular weight is 376 g/mol. The van der Waals surface area contributed by atoms with Crippen LogP contribution in [0.15, 0.2) is 6.20 Å². The maximum absolute atomic E-state index is 12.6. The fraction of sp³-hybridized carbons (Fsp3) is 0.692. The van der Waals surface area contributed by atoms with E-state index in [1.165, 1.54) is 0 Å². The van der Waals surface area contributed by atoms with Gasteiger partial charge >= 0.3 is 0 Å². The minimum absolute atomic E-state index is 0.102. The summed E-state index contributed by atoms with van der Waals surface area (Å²) in [6.07, 6.45) is 3.85. The van der Waals surface area contributed by atoms with Gasteiger partial charge in [-0.05, 0) is 48.4 Å². The van der Waals surface area contributed by atoms with E-state index >= 15 is 0 Å². The second-order valence-electron chi connectivity index (χ2n) is 5.32. The van der Waals surface area contributed by atoms with Crippen LogP contribution in [0.1, 0.15) is 38.6 Å². The molecule has 1 aromatic heterocycles. The molecule has 2 atom stereocenters. The third-order valence-corrected chi connectivity index (χ3v) is 4.21. The lowest BCUT2D eigenvalue weighted by Crippen LogP contribution is -2.47. The number of likely N-dealkylation sites (tertiary alicyclic amines) is 1. The fourth-order valence-electron chi connectivity index (χ4n) is 2.72. The second-order valence-corrected chi connectivity index (χ2v) is 6.48. The van der Waals surface area contributed by atoms with Crippen LogP contribution in [-0.4, -0.2) is 40.4 Å². The highest BCUT2D eigenvalue weighted by Crippen LogP contribution is 2.31. The van der Waals surface area contributed by atoms with Crippen LogP contribution < -0.4 is 5.32 Å². The molecule has 106 valence electrons. The van der Waals surface area contributed by atoms with Gasteiger partial charge in [-0.25, -0.2) is 4.98 Å². The van der Waals surface area contributed by atoms with Gasteiger partial charge in [0.05, 0.1) is 22.0 Å². The van der Waals surface area contributed by atoms with Crippen molar-refractivity contribution in [1.82, 2.24) is 20.2 Å². The van der Waals surface area contributed by atoms with Crippen molar-refractivity contribution in [3.05, 3.63) is 15.7 Å². The molecule has 5 nitrogen and oxygen atoms in total. The summed E-state index contributed by atoms with van der Waals surface area (Å²) in [5, 5.41) is 3.13. The Kier molecular flexibility index (Phi) is 4.83. The normalized spacial score (nSPS) is 21.1. The van der Waals surface area contributed by atoms with Crippen molar-refractivity contribution in [2.24, 2.45) is 5.92 Å². The van der Waals surface area contributed by atoms with Crippen LogP contribution in [0, 0.1) is 9.62 Å². The van der Waals surface area contributed by atoms with Gasteiger partial charge in [-0.15, -0.1) is 0 Å². The highest BCUT2D eigenvalue weighted by atomic mass is 127. The van der Waals surface area contributed by atoms with Crippen LogP contribution in [0.4, 0.5) is 0 Å². The summed E-state index contributed by atoms with van der Waals surface area (Å²) in [7, 11) is 1.85. The monoisotopic (exact) mass is 376 g/mol. The van der Waals surface area contributed by atoms with Crippen molar-refractivity contribution in [1.29, 1.82) is 0 Å². The number of aromatic nitrogens is 2. The molecule has 2 rings (SSSR count). The number of nitrogens with one attached hydrogen (secondary N) is 2. The number of halogens is 1. The zero-order valence-electron chi connectivity index (χ0n) is 11.6. The number of amides is 1. The Morgan fingerprint density at radius 2 is 2.37 bits per heavy atom. The number of carbonyl (C=O) groups is 1. The van der Waals surface area contributed by atoms with Crippen LogP contribution >= 0.6 is 22.6 Å². The Labute approximate surface area is 127 Å². The Hall–Kier alpha value is -0.630. The van der Waals surface area contributed by atoms with Gasteiger partial charge in [0.2, 0.25) is 5.91 Å². The molecule has 1 saturated heterocycles. The lowest BCUT2D eigenvalue weighted by atomic mass is 10.0. The van der Waals surface area contributed by atoms with E-state index in [4.69, 9.17) is 0 Å². The predicted molar refractivity (Wildman–Crippen MR) is 82.7 cm³/mol. The highest BCUT2D eigenvalue weighted by molar-refractivity contribution is 14.1. The van der Waals surface area contributed by atoms with E-state index in [0.717, 1.165) is 28.9 Å². The number of hydrogen-bond acceptors (Lipinski definition) is 3. The molecule has 1 fully saturated rings. The molecular formula is C13H21IN4O. The van der Waals surface area contributed by atoms with E-state index in [9.17, 15) is 4.79 Å². The van der Waals surface area contributed by atoms with Crippen molar-refractivity contribution >= 4 is 28.5 Å². The Morgan fingerprint density at radius 1 is 1.63 bits per heavy atom. The first-order valence-corrected chi connectivity index (χ1v) is 7.80.